The molecule has 0 N–H and O–H groups in total. The van der Waals surface area contributed by atoms with Crippen molar-refractivity contribution in [3.63, 3.8) is 0 Å². The number of hydrogen-bond acceptors (Lipinski definition) is 1. The summed E-state index contributed by atoms with van der Waals surface area (Å²) >= 11 is 0. The summed E-state index contributed by atoms with van der Waals surface area (Å²) in [6, 6.07) is 15.6. The van der Waals surface area contributed by atoms with Crippen molar-refractivity contribution in [2.45, 2.75) is 19.7 Å². The maximum absolute atomic E-state index is 14.8. The fraction of sp³-hybridized carbons (Fsp3) is 0.130. The van der Waals surface area contributed by atoms with Gasteiger partial charge in [-0.2, -0.15) is 0 Å². The highest BCUT2D eigenvalue weighted by molar-refractivity contribution is 6.08. The van der Waals surface area contributed by atoms with Crippen molar-refractivity contribution < 1.29 is 26.7 Å². The van der Waals surface area contributed by atoms with Crippen LogP contribution in [-0.4, -0.2) is 6.36 Å². The Balaban J connectivity index is 1.81. The Kier molecular flexibility index (Phi) is 4.65. The topological polar surface area (TPSA) is 9.23 Å². The number of benzene rings is 4. The highest BCUT2D eigenvalue weighted by Gasteiger charge is 2.32. The molecular weight excluding hydrogens is 387 g/mol. The van der Waals surface area contributed by atoms with Crippen molar-refractivity contribution in [2.24, 2.45) is 0 Å². The predicted octanol–water partition coefficient (Wildman–Crippen LogP) is 7.40. The third kappa shape index (κ3) is 3.75. The van der Waals surface area contributed by atoms with Gasteiger partial charge in [0, 0.05) is 5.56 Å². The zero-order valence-electron chi connectivity index (χ0n) is 15.3. The van der Waals surface area contributed by atoms with Gasteiger partial charge in [0.2, 0.25) is 0 Å². The van der Waals surface area contributed by atoms with Crippen LogP contribution >= 0.6 is 0 Å². The number of ether oxygens (including phenoxy) is 1. The molecule has 0 saturated carbocycles. The minimum atomic E-state index is -5.00. The van der Waals surface area contributed by atoms with Gasteiger partial charge in [-0.05, 0) is 63.4 Å². The average Bonchev–Trinajstić information content (AvgIpc) is 2.67. The second-order valence-electron chi connectivity index (χ2n) is 6.72. The van der Waals surface area contributed by atoms with Crippen molar-refractivity contribution >= 4 is 21.5 Å². The fourth-order valence-corrected chi connectivity index (χ4v) is 3.45. The van der Waals surface area contributed by atoms with Crippen LogP contribution in [0.1, 0.15) is 12.5 Å². The molecule has 0 heterocycles. The van der Waals surface area contributed by atoms with Gasteiger partial charge in [0.15, 0.2) is 11.6 Å². The molecule has 0 saturated heterocycles. The highest BCUT2D eigenvalue weighted by atomic mass is 19.4. The molecule has 0 amide bonds. The Morgan fingerprint density at radius 1 is 0.759 bits per heavy atom. The van der Waals surface area contributed by atoms with Gasteiger partial charge in [-0.25, -0.2) is 8.78 Å². The molecule has 1 nitrogen and oxygen atoms in total. The van der Waals surface area contributed by atoms with Gasteiger partial charge >= 0.3 is 6.36 Å². The van der Waals surface area contributed by atoms with Crippen molar-refractivity contribution in [1.82, 2.24) is 0 Å². The van der Waals surface area contributed by atoms with Gasteiger partial charge < -0.3 is 4.74 Å². The summed E-state index contributed by atoms with van der Waals surface area (Å²) in [5.41, 5.74) is 1.39. The lowest BCUT2D eigenvalue weighted by molar-refractivity contribution is -0.275. The lowest BCUT2D eigenvalue weighted by atomic mass is 9.95. The van der Waals surface area contributed by atoms with Crippen molar-refractivity contribution in [3.05, 3.63) is 77.9 Å². The maximum Gasteiger partial charge on any atom is 0.573 e. The minimum Gasteiger partial charge on any atom is -0.403 e. The minimum absolute atomic E-state index is 0.0967. The molecule has 6 heteroatoms. The number of fused-ring (bicyclic) bond motifs is 3. The first-order chi connectivity index (χ1) is 13.7. The van der Waals surface area contributed by atoms with Crippen molar-refractivity contribution in [1.29, 1.82) is 0 Å². The van der Waals surface area contributed by atoms with Crippen molar-refractivity contribution in [3.8, 4) is 16.9 Å². The van der Waals surface area contributed by atoms with E-state index in [-0.39, 0.29) is 11.1 Å². The molecule has 0 atom stereocenters. The Hall–Kier alpha value is -3.15. The Morgan fingerprint density at radius 2 is 1.48 bits per heavy atom. The Labute approximate surface area is 163 Å². The van der Waals surface area contributed by atoms with E-state index in [1.807, 2.05) is 24.3 Å². The van der Waals surface area contributed by atoms with Crippen LogP contribution in [0.5, 0.6) is 5.75 Å². The molecule has 0 aromatic heterocycles. The zero-order chi connectivity index (χ0) is 20.8. The summed E-state index contributed by atoms with van der Waals surface area (Å²) in [7, 11) is 0. The summed E-state index contributed by atoms with van der Waals surface area (Å²) < 4.78 is 69.4. The number of alkyl halides is 3. The van der Waals surface area contributed by atoms with Gasteiger partial charge in [-0.15, -0.1) is 13.2 Å². The van der Waals surface area contributed by atoms with Crippen LogP contribution in [0.25, 0.3) is 32.7 Å². The highest BCUT2D eigenvalue weighted by Crippen LogP contribution is 2.35. The summed E-state index contributed by atoms with van der Waals surface area (Å²) in [5, 5.41) is 3.34. The molecule has 4 rings (SSSR count). The Morgan fingerprint density at radius 3 is 2.14 bits per heavy atom. The van der Waals surface area contributed by atoms with Crippen LogP contribution in [0.15, 0.2) is 60.7 Å². The van der Waals surface area contributed by atoms with Crippen LogP contribution in [0.4, 0.5) is 22.0 Å². The molecule has 0 aliphatic heterocycles. The van der Waals surface area contributed by atoms with Crippen molar-refractivity contribution in [2.75, 3.05) is 0 Å². The molecule has 0 bridgehead atoms. The number of aryl methyl sites for hydroxylation is 1. The summed E-state index contributed by atoms with van der Waals surface area (Å²) in [5.74, 6) is -2.77. The number of rotatable bonds is 3. The fourth-order valence-electron chi connectivity index (χ4n) is 3.45. The summed E-state index contributed by atoms with van der Waals surface area (Å²) in [6.45, 7) is 2.05. The first-order valence-electron chi connectivity index (χ1n) is 8.96. The van der Waals surface area contributed by atoms with Gasteiger partial charge in [-0.1, -0.05) is 43.3 Å². The van der Waals surface area contributed by atoms with E-state index in [2.05, 4.69) is 17.7 Å². The normalized spacial score (nSPS) is 11.9. The van der Waals surface area contributed by atoms with Gasteiger partial charge in [0.25, 0.3) is 0 Å². The van der Waals surface area contributed by atoms with Crippen LogP contribution in [0.2, 0.25) is 0 Å². The zero-order valence-corrected chi connectivity index (χ0v) is 15.3. The SMILES string of the molecule is CCc1ccc2c(ccc3cc(-c4ccc(OC(F)(F)F)c(F)c4)c(F)cc32)c1. The smallest absolute Gasteiger partial charge is 0.403 e. The molecule has 0 aliphatic carbocycles. The first kappa shape index (κ1) is 19.2. The first-order valence-corrected chi connectivity index (χ1v) is 8.96. The second kappa shape index (κ2) is 7.03. The lowest BCUT2D eigenvalue weighted by Crippen LogP contribution is -2.17. The average molecular weight is 402 g/mol. The van der Waals surface area contributed by atoms with Crippen LogP contribution in [-0.2, 0) is 6.42 Å². The second-order valence-corrected chi connectivity index (χ2v) is 6.72. The summed E-state index contributed by atoms with van der Waals surface area (Å²) in [6.07, 6.45) is -4.11. The lowest BCUT2D eigenvalue weighted by Gasteiger charge is -2.12. The quantitative estimate of drug-likeness (QED) is 0.256. The van der Waals surface area contributed by atoms with E-state index in [0.717, 1.165) is 34.7 Å². The van der Waals surface area contributed by atoms with Crippen LogP contribution < -0.4 is 4.74 Å². The predicted molar refractivity (Wildman–Crippen MR) is 103 cm³/mol. The maximum atomic E-state index is 14.8. The monoisotopic (exact) mass is 402 g/mol. The molecular formula is C23H15F5O. The number of hydrogen-bond donors (Lipinski definition) is 0. The Bertz CT molecular complexity index is 1230. The van der Waals surface area contributed by atoms with Crippen LogP contribution in [0, 0.1) is 11.6 Å². The van der Waals surface area contributed by atoms with E-state index >= 15 is 0 Å². The molecule has 29 heavy (non-hydrogen) atoms. The van der Waals surface area contributed by atoms with Gasteiger partial charge in [0.05, 0.1) is 0 Å². The van der Waals surface area contributed by atoms with E-state index in [1.54, 1.807) is 6.07 Å². The van der Waals surface area contributed by atoms with Crippen LogP contribution in [0.3, 0.4) is 0 Å². The largest absolute Gasteiger partial charge is 0.573 e. The van der Waals surface area contributed by atoms with E-state index in [9.17, 15) is 22.0 Å². The molecule has 4 aromatic carbocycles. The van der Waals surface area contributed by atoms with Gasteiger partial charge in [-0.3, -0.25) is 0 Å². The van der Waals surface area contributed by atoms with E-state index in [1.165, 1.54) is 17.7 Å². The summed E-state index contributed by atoms with van der Waals surface area (Å²) in [4.78, 5) is 0. The molecule has 4 aromatic rings. The van der Waals surface area contributed by atoms with E-state index < -0.39 is 23.7 Å². The van der Waals surface area contributed by atoms with E-state index in [0.29, 0.717) is 5.39 Å². The molecule has 0 aliphatic rings. The van der Waals surface area contributed by atoms with Gasteiger partial charge in [0.1, 0.15) is 5.82 Å². The molecule has 0 fully saturated rings. The van der Waals surface area contributed by atoms with E-state index in [4.69, 9.17) is 0 Å². The molecule has 0 unspecified atom stereocenters. The molecule has 0 spiro atoms. The molecule has 148 valence electrons. The third-order valence-corrected chi connectivity index (χ3v) is 4.86. The third-order valence-electron chi connectivity index (χ3n) is 4.86. The molecule has 0 radical (unpaired) electrons. The number of halogens is 5. The standard InChI is InChI=1S/C23H15F5O/c1-2-13-3-7-17-14(9-13)4-5-15-10-19(20(24)12-18(15)17)16-6-8-22(21(25)11-16)29-23(26,27)28/h3-12H,2H2,1H3.